The number of nitrogens with one attached hydrogen (secondary N) is 5. The predicted molar refractivity (Wildman–Crippen MR) is 302 cm³/mol. The predicted octanol–water partition coefficient (Wildman–Crippen LogP) is -7.24. The zero-order valence-corrected chi connectivity index (χ0v) is 51.8. The van der Waals surface area contributed by atoms with Crippen molar-refractivity contribution >= 4 is 57.7 Å². The first kappa shape index (κ1) is 71.7. The number of carbonyl (C=O) groups excluding carboxylic acids is 8. The number of rotatable bonds is 18. The van der Waals surface area contributed by atoms with E-state index < -0.39 is 198 Å². The van der Waals surface area contributed by atoms with Crippen LogP contribution in [0.5, 0.6) is 17.2 Å². The Morgan fingerprint density at radius 3 is 2.07 bits per heavy atom. The Hall–Kier alpha value is -7.38. The molecule has 0 saturated carbocycles. The number of ether oxygens (including phenoxy) is 1. The van der Waals surface area contributed by atoms with E-state index in [0.717, 1.165) is 32.3 Å². The Bertz CT molecular complexity index is 3340. The van der Waals surface area contributed by atoms with Crippen molar-refractivity contribution in [1.82, 2.24) is 41.5 Å². The number of unbranched alkanes of at least 4 members (excludes halogenated alkanes) is 2. The van der Waals surface area contributed by atoms with Gasteiger partial charge in [0.1, 0.15) is 66.0 Å². The van der Waals surface area contributed by atoms with Gasteiger partial charge in [0.05, 0.1) is 37.4 Å². The number of benzene rings is 3. The smallest absolute Gasteiger partial charge is 0.716 e. The Balaban J connectivity index is 0.0000129. The minimum atomic E-state index is -5.60. The molecule has 90 heavy (non-hydrogen) atoms. The first-order valence-corrected chi connectivity index (χ1v) is 29.4. The van der Waals surface area contributed by atoms with Gasteiger partial charge in [0.25, 0.3) is 16.3 Å². The van der Waals surface area contributed by atoms with Gasteiger partial charge in [-0.1, -0.05) is 50.0 Å². The third kappa shape index (κ3) is 17.8. The van der Waals surface area contributed by atoms with Crippen LogP contribution in [0.25, 0.3) is 22.6 Å². The number of hydrogen-bond acceptors (Lipinski definition) is 24. The second-order valence-electron chi connectivity index (χ2n) is 21.9. The van der Waals surface area contributed by atoms with Crippen molar-refractivity contribution in [2.24, 2.45) is 11.7 Å². The van der Waals surface area contributed by atoms with Gasteiger partial charge in [-0.05, 0) is 67.4 Å². The molecule has 3 saturated heterocycles. The number of phenols is 1. The molecule has 3 aliphatic rings. The van der Waals surface area contributed by atoms with Crippen molar-refractivity contribution in [3.63, 3.8) is 0 Å². The van der Waals surface area contributed by atoms with Gasteiger partial charge in [-0.25, -0.2) is 8.42 Å². The average Bonchev–Trinajstić information content (AvgIpc) is 2.24. The number of hydrogen-bond donors (Lipinski definition) is 15. The largest absolute Gasteiger partial charge is 1.00 e. The summed E-state index contributed by atoms with van der Waals surface area (Å²) in [5.74, 6) is -13.0. The van der Waals surface area contributed by atoms with Gasteiger partial charge in [-0.3, -0.25) is 38.4 Å². The molecule has 0 radical (unpaired) electrons. The number of nitrogens with two attached hydrogens (primary N) is 1. The number of amides is 8. The monoisotopic (exact) mass is 1290 g/mol. The van der Waals surface area contributed by atoms with Gasteiger partial charge in [-0.15, -0.1) is 0 Å². The van der Waals surface area contributed by atoms with Crippen LogP contribution < -0.4 is 70.8 Å². The summed E-state index contributed by atoms with van der Waals surface area (Å²) in [7, 11) is -5.60. The maximum atomic E-state index is 14.7. The van der Waals surface area contributed by atoms with E-state index >= 15 is 0 Å². The Morgan fingerprint density at radius 1 is 0.800 bits per heavy atom. The molecule has 4 aromatic rings. The number of primary amides is 1. The van der Waals surface area contributed by atoms with Gasteiger partial charge in [-0.2, -0.15) is 0 Å². The van der Waals surface area contributed by atoms with Gasteiger partial charge in [0.2, 0.25) is 41.4 Å². The molecule has 3 fully saturated rings. The fourth-order valence-corrected chi connectivity index (χ4v) is 10.7. The van der Waals surface area contributed by atoms with E-state index in [0.29, 0.717) is 56.9 Å². The van der Waals surface area contributed by atoms with Gasteiger partial charge >= 0.3 is 29.6 Å². The third-order valence-electron chi connectivity index (χ3n) is 15.2. The van der Waals surface area contributed by atoms with E-state index in [1.807, 2.05) is 10.6 Å². The van der Waals surface area contributed by atoms with E-state index in [4.69, 9.17) is 15.0 Å². The van der Waals surface area contributed by atoms with E-state index in [1.165, 1.54) is 31.2 Å². The minimum absolute atomic E-state index is 0. The van der Waals surface area contributed by atoms with Crippen LogP contribution in [0.3, 0.4) is 0 Å². The van der Waals surface area contributed by atoms with Gasteiger partial charge in [0, 0.05) is 54.6 Å². The number of fused-ring (bicyclic) bond motifs is 2. The minimum Gasteiger partial charge on any atom is -0.716 e. The number of phenolic OH excluding ortho intramolecular Hbond substituents is 1. The molecule has 484 valence electrons. The zero-order valence-electron chi connectivity index (χ0n) is 49.0. The maximum absolute atomic E-state index is 14.7. The molecule has 0 aliphatic carbocycles. The average molecular weight is 1290 g/mol. The number of aromatic nitrogens is 1. The number of aliphatic hydroxyl groups excluding tert-OH is 8. The maximum Gasteiger partial charge on any atom is 1.00 e. The van der Waals surface area contributed by atoms with Crippen molar-refractivity contribution in [2.75, 3.05) is 19.7 Å². The summed E-state index contributed by atoms with van der Waals surface area (Å²) in [6.07, 6.45) is -17.3. The molecule has 8 amide bonds. The summed E-state index contributed by atoms with van der Waals surface area (Å²) in [5, 5.41) is 116. The van der Waals surface area contributed by atoms with Crippen molar-refractivity contribution in [3.8, 4) is 39.8 Å². The van der Waals surface area contributed by atoms with Gasteiger partial charge < -0.3 is 106 Å². The normalized spacial score (nSPS) is 26.2. The van der Waals surface area contributed by atoms with Crippen LogP contribution >= 0.6 is 0 Å². The van der Waals surface area contributed by atoms with Crippen molar-refractivity contribution < 1.29 is 140 Å². The molecule has 15 atom stereocenters. The molecule has 1 aromatic heterocycles. The molecule has 3 aliphatic heterocycles. The molecule has 32 nitrogen and oxygen atoms in total. The zero-order chi connectivity index (χ0) is 65.3. The summed E-state index contributed by atoms with van der Waals surface area (Å²) >= 11 is 0. The Morgan fingerprint density at radius 2 is 1.43 bits per heavy atom. The Labute approximate surface area is 536 Å². The fourth-order valence-electron chi connectivity index (χ4n) is 10.3. The molecular formula is C56H70N9NaO23S. The van der Waals surface area contributed by atoms with Crippen LogP contribution in [0, 0.1) is 5.92 Å². The number of nitrogens with zero attached hydrogens (tertiary/aromatic N) is 3. The van der Waals surface area contributed by atoms with Gasteiger partial charge in [0.15, 0.2) is 23.5 Å². The molecule has 7 rings (SSSR count). The first-order valence-electron chi connectivity index (χ1n) is 28.1. The van der Waals surface area contributed by atoms with Crippen LogP contribution in [0.4, 0.5) is 0 Å². The quantitative estimate of drug-likeness (QED) is 0.0190. The summed E-state index contributed by atoms with van der Waals surface area (Å²) in [6.45, 7) is 3.72. The van der Waals surface area contributed by atoms with E-state index in [9.17, 15) is 97.3 Å². The SMILES string of the molecule is CCCCCOc1ccc(-c2cc(-c3ccc(C(=O)N[C@H]4C[C@@H](O)[C@@H](O)NC(=O)[C@@H]5[C@@H](O)[C@@H](C)CN5C(=O)C([C@H](O)CC(N)=O)NC(=O)[C@H]([C@H](O)[C@@H](O)c5ccc(O)c(OS(=O)(=O)[O-])c5)NC(=O)[C@@H]5C[C@@H](O)CN5C(=O)C([C@@H](C)O)NC4=O)cc3)no2)cc1.[Na+]. The Kier molecular flexibility index (Phi) is 24.8. The van der Waals surface area contributed by atoms with Crippen molar-refractivity contribution in [3.05, 3.63) is 83.9 Å². The molecular weight excluding hydrogens is 1220 g/mol. The standard InChI is InChI=1S/C56H71N9O23S.Na/c1-4-5-6-17-86-32-14-11-28(12-15-32)39-21-33(63-87-39)27-7-9-29(10-8-27)49(75)58-34-20-38(70)52(78)62-54(80)45-46(72)25(2)23-65(45)56(82)43(37(69)22-41(57)71)60-53(79)44(48(74)47(73)30-13-16-36(68)40(18-30)88-89(83,84)85)61-51(77)35-19-31(67)24-64(35)55(81)42(26(3)66)59-50(34)76;/h7-16,18,21,25-26,31,34-35,37-38,42-48,52,66-70,72-74,78H,4-6,17,19-20,22-24H2,1-3H3,(H2,57,71)(H,58,75)(H,59,76)(H,60,79)(H,61,77)(H,62,80)(H,83,84,85);/q;+1/p-1/t25-,26+,31+,34-,35-,37+,38+,42?,43?,44-,45-,46-,47-,48-,52+;/m0./s1. The molecule has 3 aromatic carbocycles. The molecule has 16 N–H and O–H groups in total. The number of carbonyl (C=O) groups is 8. The van der Waals surface area contributed by atoms with E-state index in [-0.39, 0.29) is 35.1 Å². The van der Waals surface area contributed by atoms with Crippen LogP contribution in [0.2, 0.25) is 0 Å². The van der Waals surface area contributed by atoms with E-state index in [1.54, 1.807) is 30.3 Å². The fraction of sp³-hybridized carbons (Fsp3) is 0.482. The third-order valence-corrected chi connectivity index (χ3v) is 15.6. The molecule has 4 heterocycles. The van der Waals surface area contributed by atoms with Crippen LogP contribution in [0.1, 0.15) is 81.3 Å². The second-order valence-corrected chi connectivity index (χ2v) is 22.9. The topological polar surface area (TPSA) is 513 Å². The van der Waals surface area contributed by atoms with Crippen molar-refractivity contribution in [2.45, 2.75) is 145 Å². The number of aromatic hydroxyl groups is 1. The van der Waals surface area contributed by atoms with Crippen LogP contribution in [0.15, 0.2) is 77.3 Å². The number of aliphatic hydroxyl groups is 8. The van der Waals surface area contributed by atoms with Crippen molar-refractivity contribution in [1.29, 1.82) is 0 Å². The molecule has 0 spiro atoms. The molecule has 34 heteroatoms. The van der Waals surface area contributed by atoms with Crippen LogP contribution in [-0.2, 0) is 44.0 Å². The van der Waals surface area contributed by atoms with Crippen LogP contribution in [-0.4, -0.2) is 220 Å². The summed E-state index contributed by atoms with van der Waals surface area (Å²) in [6, 6.07) is 3.38. The molecule has 2 unspecified atom stereocenters. The first-order chi connectivity index (χ1) is 42.0. The van der Waals surface area contributed by atoms with E-state index in [2.05, 4.69) is 32.2 Å². The molecule has 0 bridgehead atoms. The second kappa shape index (κ2) is 31.1. The summed E-state index contributed by atoms with van der Waals surface area (Å²) in [5.41, 5.74) is 6.13. The summed E-state index contributed by atoms with van der Waals surface area (Å²) in [4.78, 5) is 115. The summed E-state index contributed by atoms with van der Waals surface area (Å²) < 4.78 is 49.9.